The van der Waals surface area contributed by atoms with Crippen LogP contribution >= 0.6 is 23.2 Å². The van der Waals surface area contributed by atoms with Crippen LogP contribution in [0.3, 0.4) is 0 Å². The summed E-state index contributed by atoms with van der Waals surface area (Å²) in [7, 11) is -4.17. The van der Waals surface area contributed by atoms with Gasteiger partial charge in [0.2, 0.25) is 11.8 Å². The van der Waals surface area contributed by atoms with Gasteiger partial charge in [-0.15, -0.1) is 0 Å². The smallest absolute Gasteiger partial charge is 0.264 e. The number of anilines is 1. The minimum Gasteiger partial charge on any atom is -0.354 e. The molecule has 0 aliphatic carbocycles. The molecule has 214 valence electrons. The highest BCUT2D eigenvalue weighted by Crippen LogP contribution is 2.27. The Kier molecular flexibility index (Phi) is 11.0. The van der Waals surface area contributed by atoms with Crippen LogP contribution in [0.5, 0.6) is 0 Å². The highest BCUT2D eigenvalue weighted by molar-refractivity contribution is 7.92. The molecule has 0 spiro atoms. The number of hydrogen-bond acceptors (Lipinski definition) is 4. The monoisotopic (exact) mass is 603 g/mol. The number of amides is 2. The van der Waals surface area contributed by atoms with Gasteiger partial charge in [0.25, 0.3) is 10.0 Å². The minimum absolute atomic E-state index is 0.0000836. The van der Waals surface area contributed by atoms with E-state index in [0.29, 0.717) is 28.7 Å². The van der Waals surface area contributed by atoms with E-state index in [1.807, 2.05) is 33.8 Å². The van der Waals surface area contributed by atoms with E-state index in [2.05, 4.69) is 5.32 Å². The molecule has 1 unspecified atom stereocenters. The molecule has 7 nitrogen and oxygen atoms in total. The Morgan fingerprint density at radius 2 is 1.48 bits per heavy atom. The van der Waals surface area contributed by atoms with Crippen LogP contribution in [-0.2, 0) is 26.2 Å². The number of carbonyl (C=O) groups is 2. The van der Waals surface area contributed by atoms with E-state index in [1.165, 1.54) is 29.2 Å². The van der Waals surface area contributed by atoms with Gasteiger partial charge in [0.15, 0.2) is 0 Å². The normalized spacial score (nSPS) is 12.1. The zero-order valence-corrected chi connectivity index (χ0v) is 25.5. The van der Waals surface area contributed by atoms with Crippen LogP contribution in [-0.4, -0.2) is 44.3 Å². The number of carbonyl (C=O) groups excluding carboxylic acids is 2. The maximum Gasteiger partial charge on any atom is 0.264 e. The van der Waals surface area contributed by atoms with Crippen molar-refractivity contribution in [2.45, 2.75) is 58.0 Å². The molecule has 0 radical (unpaired) electrons. The summed E-state index contributed by atoms with van der Waals surface area (Å²) < 4.78 is 28.9. The standard InChI is InChI=1S/C30H35Cl2N3O4S/c1-5-17-33-30(37)28(6-2)34(19-23-8-10-24(31)11-9-23)29(36)20-35(26-14-7-21(3)22(4)18-26)40(38,39)27-15-12-25(32)13-16-27/h7-16,18,28H,5-6,17,19-20H2,1-4H3,(H,33,37). The zero-order valence-electron chi connectivity index (χ0n) is 23.2. The average Bonchev–Trinajstić information content (AvgIpc) is 2.93. The van der Waals surface area contributed by atoms with Crippen molar-refractivity contribution in [3.63, 3.8) is 0 Å². The summed E-state index contributed by atoms with van der Waals surface area (Å²) in [4.78, 5) is 28.6. The van der Waals surface area contributed by atoms with Gasteiger partial charge in [0.05, 0.1) is 10.6 Å². The van der Waals surface area contributed by atoms with E-state index in [1.54, 1.807) is 36.4 Å². The molecule has 40 heavy (non-hydrogen) atoms. The van der Waals surface area contributed by atoms with Crippen molar-refractivity contribution >= 4 is 50.7 Å². The quantitative estimate of drug-likeness (QED) is 0.269. The summed E-state index contributed by atoms with van der Waals surface area (Å²) in [6, 6.07) is 17.2. The molecule has 3 aromatic rings. The Morgan fingerprint density at radius 3 is 2.02 bits per heavy atom. The van der Waals surface area contributed by atoms with E-state index in [-0.39, 0.29) is 17.3 Å². The average molecular weight is 605 g/mol. The second-order valence-corrected chi connectivity index (χ2v) is 12.3. The predicted molar refractivity (Wildman–Crippen MR) is 161 cm³/mol. The second kappa shape index (κ2) is 14.0. The lowest BCUT2D eigenvalue weighted by Gasteiger charge is -2.33. The first kappa shape index (κ1) is 31.5. The molecule has 10 heteroatoms. The molecule has 0 aliphatic heterocycles. The number of rotatable bonds is 12. The first-order valence-corrected chi connectivity index (χ1v) is 15.3. The van der Waals surface area contributed by atoms with Crippen LogP contribution < -0.4 is 9.62 Å². The van der Waals surface area contributed by atoms with Crippen molar-refractivity contribution in [2.75, 3.05) is 17.4 Å². The summed E-state index contributed by atoms with van der Waals surface area (Å²) in [6.45, 7) is 7.65. The third-order valence-corrected chi connectivity index (χ3v) is 8.95. The summed E-state index contributed by atoms with van der Waals surface area (Å²) in [5.41, 5.74) is 2.98. The van der Waals surface area contributed by atoms with Gasteiger partial charge in [-0.25, -0.2) is 8.42 Å². The highest BCUT2D eigenvalue weighted by Gasteiger charge is 2.33. The molecule has 2 amide bonds. The molecule has 0 bridgehead atoms. The lowest BCUT2D eigenvalue weighted by Crippen LogP contribution is -2.52. The van der Waals surface area contributed by atoms with E-state index in [0.717, 1.165) is 27.4 Å². The van der Waals surface area contributed by atoms with Gasteiger partial charge in [-0.1, -0.05) is 55.2 Å². The predicted octanol–water partition coefficient (Wildman–Crippen LogP) is 6.14. The first-order valence-electron chi connectivity index (χ1n) is 13.1. The van der Waals surface area contributed by atoms with Crippen LogP contribution in [0.4, 0.5) is 5.69 Å². The number of hydrogen-bond donors (Lipinski definition) is 1. The van der Waals surface area contributed by atoms with Gasteiger partial charge in [-0.05, 0) is 91.9 Å². The van der Waals surface area contributed by atoms with E-state index >= 15 is 0 Å². The van der Waals surface area contributed by atoms with Crippen molar-refractivity contribution < 1.29 is 18.0 Å². The van der Waals surface area contributed by atoms with Crippen molar-refractivity contribution in [3.8, 4) is 0 Å². The maximum atomic E-state index is 14.1. The van der Waals surface area contributed by atoms with Gasteiger partial charge >= 0.3 is 0 Å². The van der Waals surface area contributed by atoms with Gasteiger partial charge in [0, 0.05) is 23.1 Å². The molecule has 0 heterocycles. The van der Waals surface area contributed by atoms with Gasteiger partial charge in [0.1, 0.15) is 12.6 Å². The Hall–Kier alpha value is -3.07. The topological polar surface area (TPSA) is 86.8 Å². The summed E-state index contributed by atoms with van der Waals surface area (Å²) in [6.07, 6.45) is 1.09. The Labute approximate surface area is 247 Å². The number of sulfonamides is 1. The highest BCUT2D eigenvalue weighted by atomic mass is 35.5. The molecule has 1 N–H and O–H groups in total. The lowest BCUT2D eigenvalue weighted by atomic mass is 10.1. The fourth-order valence-corrected chi connectivity index (χ4v) is 5.87. The molecule has 0 aromatic heterocycles. The molecular formula is C30H35Cl2N3O4S. The van der Waals surface area contributed by atoms with Gasteiger partial charge in [-0.3, -0.25) is 13.9 Å². The van der Waals surface area contributed by atoms with Crippen molar-refractivity contribution in [2.24, 2.45) is 0 Å². The molecule has 3 rings (SSSR count). The van der Waals surface area contributed by atoms with Crippen molar-refractivity contribution in [3.05, 3.63) is 93.5 Å². The summed E-state index contributed by atoms with van der Waals surface area (Å²) >= 11 is 12.1. The van der Waals surface area contributed by atoms with E-state index in [4.69, 9.17) is 23.2 Å². The Balaban J connectivity index is 2.07. The van der Waals surface area contributed by atoms with Crippen LogP contribution in [0, 0.1) is 13.8 Å². The molecule has 1 atom stereocenters. The van der Waals surface area contributed by atoms with Crippen LogP contribution in [0.1, 0.15) is 43.4 Å². The number of nitrogens with zero attached hydrogens (tertiary/aromatic N) is 2. The van der Waals surface area contributed by atoms with Crippen molar-refractivity contribution in [1.29, 1.82) is 0 Å². The van der Waals surface area contributed by atoms with E-state index in [9.17, 15) is 18.0 Å². The van der Waals surface area contributed by atoms with Crippen LogP contribution in [0.2, 0.25) is 10.0 Å². The molecule has 0 fully saturated rings. The minimum atomic E-state index is -4.17. The molecule has 0 saturated carbocycles. The summed E-state index contributed by atoms with van der Waals surface area (Å²) in [5.74, 6) is -0.797. The fourth-order valence-electron chi connectivity index (χ4n) is 4.22. The number of benzene rings is 3. The number of halogens is 2. The van der Waals surface area contributed by atoms with Crippen molar-refractivity contribution in [1.82, 2.24) is 10.2 Å². The van der Waals surface area contributed by atoms with E-state index < -0.39 is 28.5 Å². The summed E-state index contributed by atoms with van der Waals surface area (Å²) in [5, 5.41) is 3.82. The fraction of sp³-hybridized carbons (Fsp3) is 0.333. The lowest BCUT2D eigenvalue weighted by molar-refractivity contribution is -0.140. The molecular weight excluding hydrogens is 569 g/mol. The number of nitrogens with one attached hydrogen (secondary N) is 1. The second-order valence-electron chi connectivity index (χ2n) is 9.60. The third kappa shape index (κ3) is 7.77. The molecule has 0 saturated heterocycles. The Bertz CT molecular complexity index is 1430. The Morgan fingerprint density at radius 1 is 0.875 bits per heavy atom. The molecule has 3 aromatic carbocycles. The zero-order chi connectivity index (χ0) is 29.4. The number of aryl methyl sites for hydroxylation is 2. The SMILES string of the molecule is CCCNC(=O)C(CC)N(Cc1ccc(Cl)cc1)C(=O)CN(c1ccc(C)c(C)c1)S(=O)(=O)c1ccc(Cl)cc1. The van der Waals surface area contributed by atoms with Crippen LogP contribution in [0.25, 0.3) is 0 Å². The largest absolute Gasteiger partial charge is 0.354 e. The maximum absolute atomic E-state index is 14.1. The van der Waals surface area contributed by atoms with Gasteiger partial charge < -0.3 is 10.2 Å². The first-order chi connectivity index (χ1) is 19.0. The third-order valence-electron chi connectivity index (χ3n) is 6.66. The molecule has 0 aliphatic rings. The van der Waals surface area contributed by atoms with Gasteiger partial charge in [-0.2, -0.15) is 0 Å². The van der Waals surface area contributed by atoms with Crippen LogP contribution in [0.15, 0.2) is 71.6 Å².